The van der Waals surface area contributed by atoms with E-state index < -0.39 is 10.0 Å². The van der Waals surface area contributed by atoms with Crippen LogP contribution >= 0.6 is 11.6 Å². The molecule has 1 fully saturated rings. The molecule has 0 aromatic heterocycles. The smallest absolute Gasteiger partial charge is 0.207 e. The molecule has 1 saturated heterocycles. The summed E-state index contributed by atoms with van der Waals surface area (Å²) in [6.07, 6.45) is 2.02. The van der Waals surface area contributed by atoms with Gasteiger partial charge in [-0.1, -0.05) is 13.0 Å². The zero-order valence-electron chi connectivity index (χ0n) is 13.2. The summed E-state index contributed by atoms with van der Waals surface area (Å²) in [6.45, 7) is 8.56. The average molecular weight is 330 g/mol. The Labute approximate surface area is 133 Å². The molecule has 1 aromatic rings. The molecule has 2 atom stereocenters. The van der Waals surface area contributed by atoms with Crippen molar-refractivity contribution in [2.75, 3.05) is 6.54 Å². The van der Waals surface area contributed by atoms with E-state index >= 15 is 0 Å². The summed E-state index contributed by atoms with van der Waals surface area (Å²) in [7, 11) is -3.45. The van der Waals surface area contributed by atoms with Gasteiger partial charge >= 0.3 is 0 Å². The molecule has 0 radical (unpaired) electrons. The molecule has 3 nitrogen and oxygen atoms in total. The highest BCUT2D eigenvalue weighted by Gasteiger charge is 2.35. The van der Waals surface area contributed by atoms with Crippen LogP contribution in [0.1, 0.15) is 43.4 Å². The average Bonchev–Trinajstić information content (AvgIpc) is 2.41. The van der Waals surface area contributed by atoms with Gasteiger partial charge in [-0.25, -0.2) is 8.42 Å². The van der Waals surface area contributed by atoms with Crippen molar-refractivity contribution in [1.29, 1.82) is 0 Å². The summed E-state index contributed by atoms with van der Waals surface area (Å²) in [5.41, 5.74) is 2.73. The van der Waals surface area contributed by atoms with Gasteiger partial charge in [0.2, 0.25) is 10.0 Å². The summed E-state index contributed by atoms with van der Waals surface area (Å²) in [5, 5.41) is 0. The van der Waals surface area contributed by atoms with Gasteiger partial charge in [0.15, 0.2) is 0 Å². The van der Waals surface area contributed by atoms with Crippen LogP contribution < -0.4 is 0 Å². The fourth-order valence-corrected chi connectivity index (χ4v) is 5.37. The van der Waals surface area contributed by atoms with E-state index in [9.17, 15) is 8.42 Å². The second-order valence-corrected chi connectivity index (χ2v) is 8.28. The quantitative estimate of drug-likeness (QED) is 0.790. The van der Waals surface area contributed by atoms with Crippen molar-refractivity contribution in [3.63, 3.8) is 0 Å². The van der Waals surface area contributed by atoms with Crippen molar-refractivity contribution in [2.24, 2.45) is 5.92 Å². The molecule has 1 aliphatic rings. The van der Waals surface area contributed by atoms with Gasteiger partial charge in [0, 0.05) is 18.5 Å². The van der Waals surface area contributed by atoms with Crippen LogP contribution in [0, 0.1) is 19.8 Å². The Morgan fingerprint density at radius 1 is 1.24 bits per heavy atom. The number of benzene rings is 1. The lowest BCUT2D eigenvalue weighted by molar-refractivity contribution is 0.202. The fourth-order valence-electron chi connectivity index (χ4n) is 3.06. The van der Waals surface area contributed by atoms with Crippen LogP contribution in [0.25, 0.3) is 0 Å². The maximum Gasteiger partial charge on any atom is 0.243 e. The highest BCUT2D eigenvalue weighted by atomic mass is 35.5. The lowest BCUT2D eigenvalue weighted by Crippen LogP contribution is -2.46. The van der Waals surface area contributed by atoms with E-state index in [0.29, 0.717) is 23.2 Å². The number of sulfonamides is 1. The van der Waals surface area contributed by atoms with Crippen LogP contribution in [0.2, 0.25) is 0 Å². The van der Waals surface area contributed by atoms with E-state index in [4.69, 9.17) is 11.6 Å². The third-order valence-corrected chi connectivity index (χ3v) is 7.10. The Hall–Kier alpha value is -0.580. The third kappa shape index (κ3) is 3.13. The maximum atomic E-state index is 13.0. The van der Waals surface area contributed by atoms with E-state index in [-0.39, 0.29) is 6.04 Å². The molecule has 1 aliphatic heterocycles. The zero-order valence-corrected chi connectivity index (χ0v) is 14.8. The Morgan fingerprint density at radius 2 is 1.90 bits per heavy atom. The first-order valence-corrected chi connectivity index (χ1v) is 9.44. The summed E-state index contributed by atoms with van der Waals surface area (Å²) < 4.78 is 27.7. The Bertz CT molecular complexity index is 627. The highest BCUT2D eigenvalue weighted by Crippen LogP contribution is 2.31. The van der Waals surface area contributed by atoms with Crippen molar-refractivity contribution in [1.82, 2.24) is 4.31 Å². The molecule has 0 spiro atoms. The van der Waals surface area contributed by atoms with E-state index in [1.54, 1.807) is 10.4 Å². The van der Waals surface area contributed by atoms with Crippen LogP contribution in [0.5, 0.6) is 0 Å². The number of aryl methyl sites for hydroxylation is 2. The van der Waals surface area contributed by atoms with Gasteiger partial charge in [0.25, 0.3) is 0 Å². The number of nitrogens with zero attached hydrogens (tertiary/aromatic N) is 1. The summed E-state index contributed by atoms with van der Waals surface area (Å²) in [6, 6.07) is 3.71. The summed E-state index contributed by atoms with van der Waals surface area (Å²) in [5.74, 6) is 0.729. The van der Waals surface area contributed by atoms with E-state index in [1.807, 2.05) is 26.8 Å². The van der Waals surface area contributed by atoms with Crippen LogP contribution in [0.3, 0.4) is 0 Å². The van der Waals surface area contributed by atoms with Gasteiger partial charge in [-0.2, -0.15) is 4.31 Å². The topological polar surface area (TPSA) is 37.4 Å². The van der Waals surface area contributed by atoms with Crippen LogP contribution in [0.4, 0.5) is 0 Å². The van der Waals surface area contributed by atoms with Gasteiger partial charge < -0.3 is 0 Å². The van der Waals surface area contributed by atoms with Crippen LogP contribution in [-0.4, -0.2) is 25.3 Å². The van der Waals surface area contributed by atoms with E-state index in [1.165, 1.54) is 0 Å². The predicted molar refractivity (Wildman–Crippen MR) is 87.2 cm³/mol. The lowest BCUT2D eigenvalue weighted by Gasteiger charge is -2.37. The SMILES string of the molecule is Cc1cc(C)c(S(=O)(=O)N2CCCC(C)C2C)cc1CCl. The molecular formula is C16H24ClNO2S. The minimum atomic E-state index is -3.45. The minimum Gasteiger partial charge on any atom is -0.207 e. The number of hydrogen-bond acceptors (Lipinski definition) is 2. The normalized spacial score (nSPS) is 24.2. The molecule has 2 unspecified atom stereocenters. The van der Waals surface area contributed by atoms with Crippen molar-refractivity contribution in [2.45, 2.75) is 57.4 Å². The molecule has 0 amide bonds. The third-order valence-electron chi connectivity index (χ3n) is 4.68. The maximum absolute atomic E-state index is 13.0. The molecule has 21 heavy (non-hydrogen) atoms. The molecule has 5 heteroatoms. The largest absolute Gasteiger partial charge is 0.243 e. The van der Waals surface area contributed by atoms with Gasteiger partial charge in [-0.15, -0.1) is 11.6 Å². The monoisotopic (exact) mass is 329 g/mol. The molecule has 0 bridgehead atoms. The molecule has 118 valence electrons. The molecule has 2 rings (SSSR count). The molecule has 0 aliphatic carbocycles. The molecule has 0 N–H and O–H groups in total. The van der Waals surface area contributed by atoms with Gasteiger partial charge in [0.1, 0.15) is 0 Å². The van der Waals surface area contributed by atoms with Crippen molar-refractivity contribution < 1.29 is 8.42 Å². The second kappa shape index (κ2) is 6.27. The zero-order chi connectivity index (χ0) is 15.8. The first-order valence-electron chi connectivity index (χ1n) is 7.47. The van der Waals surface area contributed by atoms with Gasteiger partial charge in [-0.3, -0.25) is 0 Å². The lowest BCUT2D eigenvalue weighted by atomic mass is 9.94. The number of halogens is 1. The Balaban J connectivity index is 2.49. The first-order chi connectivity index (χ1) is 9.78. The van der Waals surface area contributed by atoms with E-state index in [0.717, 1.165) is 29.5 Å². The van der Waals surface area contributed by atoms with Crippen molar-refractivity contribution in [3.8, 4) is 0 Å². The number of alkyl halides is 1. The second-order valence-electron chi connectivity index (χ2n) is 6.15. The predicted octanol–water partition coefficient (Wildman–Crippen LogP) is 3.85. The Morgan fingerprint density at radius 3 is 2.52 bits per heavy atom. The molecular weight excluding hydrogens is 306 g/mol. The molecule has 0 saturated carbocycles. The van der Waals surface area contributed by atoms with Crippen molar-refractivity contribution in [3.05, 3.63) is 28.8 Å². The van der Waals surface area contributed by atoms with Gasteiger partial charge in [-0.05, 0) is 62.3 Å². The number of hydrogen-bond donors (Lipinski definition) is 0. The highest BCUT2D eigenvalue weighted by molar-refractivity contribution is 7.89. The first kappa shape index (κ1) is 16.8. The number of piperidine rings is 1. The van der Waals surface area contributed by atoms with Gasteiger partial charge in [0.05, 0.1) is 4.90 Å². The summed E-state index contributed by atoms with van der Waals surface area (Å²) >= 11 is 5.94. The standard InChI is InChI=1S/C16H24ClNO2S/c1-11-6-5-7-18(14(11)4)21(19,20)16-9-15(10-17)12(2)8-13(16)3/h8-9,11,14H,5-7,10H2,1-4H3. The van der Waals surface area contributed by atoms with E-state index in [2.05, 4.69) is 6.92 Å². The minimum absolute atomic E-state index is 0.0453. The molecule has 1 aromatic carbocycles. The summed E-state index contributed by atoms with van der Waals surface area (Å²) in [4.78, 5) is 0.407. The molecule has 1 heterocycles. The fraction of sp³-hybridized carbons (Fsp3) is 0.625. The Kier molecular flexibility index (Phi) is 5.01. The number of rotatable bonds is 3. The van der Waals surface area contributed by atoms with Crippen LogP contribution in [-0.2, 0) is 15.9 Å². The van der Waals surface area contributed by atoms with Crippen LogP contribution in [0.15, 0.2) is 17.0 Å². The van der Waals surface area contributed by atoms with Crippen molar-refractivity contribution >= 4 is 21.6 Å².